The summed E-state index contributed by atoms with van der Waals surface area (Å²) in [6.45, 7) is 10.6. The lowest BCUT2D eigenvalue weighted by Gasteiger charge is -2.32. The molecule has 0 amide bonds. The summed E-state index contributed by atoms with van der Waals surface area (Å²) < 4.78 is 13.0. The van der Waals surface area contributed by atoms with Gasteiger partial charge in [-0.05, 0) is 75.0 Å². The average Bonchev–Trinajstić information content (AvgIpc) is 3.07. The third kappa shape index (κ3) is 4.61. The van der Waals surface area contributed by atoms with Gasteiger partial charge in [0.25, 0.3) is 0 Å². The predicted molar refractivity (Wildman–Crippen MR) is 151 cm³/mol. The van der Waals surface area contributed by atoms with Crippen LogP contribution in [0.2, 0.25) is 0 Å². The molecule has 0 radical (unpaired) electrons. The Kier molecular flexibility index (Phi) is 6.44. The molecule has 0 atom stereocenters. The fourth-order valence-electron chi connectivity index (χ4n) is 4.56. The van der Waals surface area contributed by atoms with Crippen LogP contribution in [0, 0.1) is 6.92 Å². The zero-order chi connectivity index (χ0) is 24.6. The molecule has 176 valence electrons. The molecule has 0 aliphatic carbocycles. The number of hydrogen-bond acceptors (Lipinski definition) is 2. The van der Waals surface area contributed by atoms with Gasteiger partial charge in [0.2, 0.25) is 0 Å². The summed E-state index contributed by atoms with van der Waals surface area (Å²) >= 11 is 0. The molecule has 1 fully saturated rings. The normalized spacial score (nSPS) is 16.6. The number of hydrogen-bond donors (Lipinski definition) is 0. The zero-order valence-electron chi connectivity index (χ0n) is 21.2. The summed E-state index contributed by atoms with van der Waals surface area (Å²) in [7, 11) is -1.16. The van der Waals surface area contributed by atoms with E-state index in [1.165, 1.54) is 32.6 Å². The van der Waals surface area contributed by atoms with Crippen LogP contribution in [0.3, 0.4) is 0 Å². The lowest BCUT2D eigenvalue weighted by atomic mass is 9.74. The van der Waals surface area contributed by atoms with Crippen LogP contribution < -0.4 is 21.4 Å². The van der Waals surface area contributed by atoms with Gasteiger partial charge in [-0.2, -0.15) is 0 Å². The van der Waals surface area contributed by atoms with Crippen LogP contribution >= 0.6 is 7.92 Å². The molecule has 1 aliphatic rings. The zero-order valence-corrected chi connectivity index (χ0v) is 22.1. The van der Waals surface area contributed by atoms with Crippen molar-refractivity contribution in [2.45, 2.75) is 45.8 Å². The van der Waals surface area contributed by atoms with E-state index in [-0.39, 0.29) is 11.2 Å². The molecule has 4 heteroatoms. The topological polar surface area (TPSA) is 18.5 Å². The second-order valence-electron chi connectivity index (χ2n) is 10.2. The Morgan fingerprint density at radius 2 is 1.11 bits per heavy atom. The molecule has 0 unspecified atom stereocenters. The van der Waals surface area contributed by atoms with Crippen molar-refractivity contribution < 1.29 is 9.31 Å². The van der Waals surface area contributed by atoms with Gasteiger partial charge in [-0.25, -0.2) is 0 Å². The standard InChI is InChI=1S/C31H32BO2P/c1-23-20-21-28(32-33-30(2,3)31(4,5)34-32)27(22-23)26-18-12-13-19-29(26)35(24-14-8-6-9-15-24)25-16-10-7-11-17-25/h6-22H,1-5H3. The molecule has 4 aromatic carbocycles. The maximum Gasteiger partial charge on any atom is 0.495 e. The molecule has 4 aromatic rings. The molecule has 1 saturated heterocycles. The highest BCUT2D eigenvalue weighted by atomic mass is 31.1. The first-order valence-corrected chi connectivity index (χ1v) is 13.6. The van der Waals surface area contributed by atoms with Crippen LogP contribution in [0.1, 0.15) is 33.3 Å². The summed E-state index contributed by atoms with van der Waals surface area (Å²) in [6, 6.07) is 37.2. The third-order valence-electron chi connectivity index (χ3n) is 7.18. The summed E-state index contributed by atoms with van der Waals surface area (Å²) in [5.41, 5.74) is 3.94. The van der Waals surface area contributed by atoms with Gasteiger partial charge in [0.05, 0.1) is 11.2 Å². The number of rotatable bonds is 5. The largest absolute Gasteiger partial charge is 0.495 e. The van der Waals surface area contributed by atoms with E-state index in [1.807, 2.05) is 0 Å². The van der Waals surface area contributed by atoms with Crippen LogP contribution in [0.5, 0.6) is 0 Å². The Morgan fingerprint density at radius 3 is 1.69 bits per heavy atom. The Hall–Kier alpha value is -2.71. The van der Waals surface area contributed by atoms with Crippen LogP contribution in [0.25, 0.3) is 11.1 Å². The Balaban J connectivity index is 1.69. The first-order valence-electron chi connectivity index (χ1n) is 12.2. The van der Waals surface area contributed by atoms with Crippen LogP contribution in [-0.2, 0) is 9.31 Å². The van der Waals surface area contributed by atoms with Gasteiger partial charge in [0, 0.05) is 0 Å². The first-order chi connectivity index (χ1) is 16.8. The van der Waals surface area contributed by atoms with E-state index in [0.29, 0.717) is 0 Å². The molecule has 0 saturated carbocycles. The fraction of sp³-hybridized carbons (Fsp3) is 0.226. The lowest BCUT2D eigenvalue weighted by Crippen LogP contribution is -2.41. The Bertz CT molecular complexity index is 1260. The fourth-order valence-corrected chi connectivity index (χ4v) is 7.02. The van der Waals surface area contributed by atoms with Gasteiger partial charge in [0.1, 0.15) is 0 Å². The van der Waals surface area contributed by atoms with Gasteiger partial charge in [-0.1, -0.05) is 109 Å². The predicted octanol–water partition coefficient (Wildman–Crippen LogP) is 5.72. The highest BCUT2D eigenvalue weighted by molar-refractivity contribution is 7.80. The van der Waals surface area contributed by atoms with Crippen molar-refractivity contribution in [2.75, 3.05) is 0 Å². The number of aryl methyl sites for hydroxylation is 1. The average molecular weight is 478 g/mol. The van der Waals surface area contributed by atoms with Crippen LogP contribution in [0.15, 0.2) is 103 Å². The van der Waals surface area contributed by atoms with Gasteiger partial charge in [-0.3, -0.25) is 0 Å². The van der Waals surface area contributed by atoms with Gasteiger partial charge < -0.3 is 9.31 Å². The summed E-state index contributed by atoms with van der Waals surface area (Å²) in [6.07, 6.45) is 0. The number of benzene rings is 4. The minimum atomic E-state index is -0.744. The molecular weight excluding hydrogens is 446 g/mol. The quantitative estimate of drug-likeness (QED) is 0.270. The second kappa shape index (κ2) is 9.39. The van der Waals surface area contributed by atoms with E-state index in [2.05, 4.69) is 138 Å². The van der Waals surface area contributed by atoms with Crippen molar-refractivity contribution in [2.24, 2.45) is 0 Å². The molecule has 2 nitrogen and oxygen atoms in total. The Labute approximate surface area is 211 Å². The van der Waals surface area contributed by atoms with E-state index in [0.717, 1.165) is 5.46 Å². The Morgan fingerprint density at radius 1 is 0.600 bits per heavy atom. The van der Waals surface area contributed by atoms with Crippen LogP contribution in [0.4, 0.5) is 0 Å². The molecule has 0 N–H and O–H groups in total. The highest BCUT2D eigenvalue weighted by Gasteiger charge is 2.52. The van der Waals surface area contributed by atoms with Crippen molar-refractivity contribution in [3.05, 3.63) is 109 Å². The smallest absolute Gasteiger partial charge is 0.399 e. The maximum atomic E-state index is 6.50. The van der Waals surface area contributed by atoms with E-state index >= 15 is 0 Å². The minimum Gasteiger partial charge on any atom is -0.399 e. The minimum absolute atomic E-state index is 0.389. The molecule has 0 spiro atoms. The van der Waals surface area contributed by atoms with Crippen LogP contribution in [-0.4, -0.2) is 18.3 Å². The molecule has 0 bridgehead atoms. The molecule has 1 heterocycles. The molecule has 0 aromatic heterocycles. The summed E-state index contributed by atoms with van der Waals surface area (Å²) in [4.78, 5) is 0. The maximum absolute atomic E-state index is 6.50. The van der Waals surface area contributed by atoms with E-state index in [1.54, 1.807) is 0 Å². The van der Waals surface area contributed by atoms with E-state index < -0.39 is 15.0 Å². The monoisotopic (exact) mass is 478 g/mol. The van der Waals surface area contributed by atoms with Gasteiger partial charge >= 0.3 is 7.12 Å². The molecule has 35 heavy (non-hydrogen) atoms. The second-order valence-corrected chi connectivity index (χ2v) is 12.4. The molecular formula is C31H32BO2P. The summed E-state index contributed by atoms with van der Waals surface area (Å²) in [5.74, 6) is 0. The molecule has 5 rings (SSSR count). The van der Waals surface area contributed by atoms with E-state index in [9.17, 15) is 0 Å². The SMILES string of the molecule is Cc1ccc(B2OC(C)(C)C(C)(C)O2)c(-c2ccccc2P(c2ccccc2)c2ccccc2)c1. The highest BCUT2D eigenvalue weighted by Crippen LogP contribution is 2.39. The van der Waals surface area contributed by atoms with Gasteiger partial charge in [-0.15, -0.1) is 0 Å². The lowest BCUT2D eigenvalue weighted by molar-refractivity contribution is 0.00578. The first kappa shape index (κ1) is 24.0. The molecule has 1 aliphatic heterocycles. The van der Waals surface area contributed by atoms with Crippen molar-refractivity contribution in [1.82, 2.24) is 0 Å². The van der Waals surface area contributed by atoms with Crippen molar-refractivity contribution >= 4 is 36.4 Å². The van der Waals surface area contributed by atoms with Crippen molar-refractivity contribution in [3.8, 4) is 11.1 Å². The van der Waals surface area contributed by atoms with Gasteiger partial charge in [0.15, 0.2) is 0 Å². The van der Waals surface area contributed by atoms with Crippen molar-refractivity contribution in [1.29, 1.82) is 0 Å². The third-order valence-corrected chi connectivity index (χ3v) is 9.68. The van der Waals surface area contributed by atoms with Crippen molar-refractivity contribution in [3.63, 3.8) is 0 Å². The van der Waals surface area contributed by atoms with E-state index in [4.69, 9.17) is 9.31 Å². The summed E-state index contributed by atoms with van der Waals surface area (Å²) in [5, 5.41) is 4.01.